The maximum atomic E-state index is 12.7. The van der Waals surface area contributed by atoms with Gasteiger partial charge in [-0.25, -0.2) is 4.99 Å². The number of allylic oxidation sites excluding steroid dienone is 2. The first-order valence-electron chi connectivity index (χ1n) is 15.1. The van der Waals surface area contributed by atoms with E-state index in [1.807, 2.05) is 30.6 Å². The summed E-state index contributed by atoms with van der Waals surface area (Å²) in [4.78, 5) is 56.8. The maximum absolute atomic E-state index is 12.7. The van der Waals surface area contributed by atoms with Gasteiger partial charge in [0.15, 0.2) is 0 Å². The number of aromatic amines is 1. The Morgan fingerprint density at radius 3 is 2.37 bits per heavy atom. The van der Waals surface area contributed by atoms with Gasteiger partial charge < -0.3 is 29.4 Å². The maximum Gasteiger partial charge on any atom is 0.305 e. The van der Waals surface area contributed by atoms with Crippen molar-refractivity contribution >= 4 is 47.7 Å². The molecule has 0 bridgehead atoms. The van der Waals surface area contributed by atoms with Crippen molar-refractivity contribution < 1.29 is 33.8 Å². The van der Waals surface area contributed by atoms with E-state index in [1.165, 1.54) is 14.2 Å². The minimum Gasteiger partial charge on any atom is -0.469 e. The second-order valence-electron chi connectivity index (χ2n) is 11.6. The number of esters is 2. The van der Waals surface area contributed by atoms with Crippen LogP contribution in [0, 0.1) is 13.8 Å². The summed E-state index contributed by atoms with van der Waals surface area (Å²) >= 11 is 0. The van der Waals surface area contributed by atoms with Gasteiger partial charge in [-0.15, -0.1) is 0 Å². The number of aliphatic imine (C=N–C) groups is 1. The van der Waals surface area contributed by atoms with E-state index < -0.39 is 12.1 Å². The lowest BCUT2D eigenvalue weighted by Crippen LogP contribution is -2.30. The number of aromatic nitrogens is 2. The minimum absolute atomic E-state index is 0.0933. The van der Waals surface area contributed by atoms with E-state index in [0.29, 0.717) is 39.9 Å². The van der Waals surface area contributed by atoms with E-state index in [-0.39, 0.29) is 43.6 Å². The number of aliphatic hydroxyl groups excluding tert-OH is 1. The molecule has 5 rings (SSSR count). The normalized spacial score (nSPS) is 18.8. The van der Waals surface area contributed by atoms with E-state index >= 15 is 0 Å². The number of aliphatic hydroxyl groups is 1. The summed E-state index contributed by atoms with van der Waals surface area (Å²) in [5.41, 5.74) is 8.28. The van der Waals surface area contributed by atoms with Crippen molar-refractivity contribution in [1.29, 1.82) is 0 Å². The Kier molecular flexibility index (Phi) is 8.98. The summed E-state index contributed by atoms with van der Waals surface area (Å²) in [5.74, 6) is -1.30. The van der Waals surface area contributed by atoms with Gasteiger partial charge in [-0.05, 0) is 81.0 Å². The lowest BCUT2D eigenvalue weighted by molar-refractivity contribution is -0.141. The zero-order valence-corrected chi connectivity index (χ0v) is 26.9. The fourth-order valence-corrected chi connectivity index (χ4v) is 6.38. The molecule has 0 radical (unpaired) electrons. The molecular weight excluding hydrogens is 588 g/mol. The summed E-state index contributed by atoms with van der Waals surface area (Å²) in [6.07, 6.45) is 7.23. The van der Waals surface area contributed by atoms with Crippen LogP contribution >= 0.6 is 0 Å². The molecule has 3 N–H and O–H groups in total. The Bertz CT molecular complexity index is 1960. The van der Waals surface area contributed by atoms with Crippen molar-refractivity contribution in [3.8, 4) is 0 Å². The molecule has 1 atom stereocenters. The average molecular weight is 627 g/mol. The number of nitrogens with one attached hydrogen (secondary N) is 2. The summed E-state index contributed by atoms with van der Waals surface area (Å²) in [6, 6.07) is 0. The molecule has 2 amide bonds. The number of carbonyl (C=O) groups is 4. The van der Waals surface area contributed by atoms with Crippen molar-refractivity contribution in [2.75, 3.05) is 14.2 Å². The van der Waals surface area contributed by atoms with Gasteiger partial charge in [0, 0.05) is 57.2 Å². The van der Waals surface area contributed by atoms with Crippen LogP contribution in [-0.2, 0) is 41.6 Å². The Morgan fingerprint density at radius 1 is 1.04 bits per heavy atom. The summed E-state index contributed by atoms with van der Waals surface area (Å²) in [6.45, 7) is 11.3. The zero-order chi connectivity index (χ0) is 33.4. The van der Waals surface area contributed by atoms with Crippen LogP contribution < -0.4 is 16.0 Å². The molecule has 0 saturated heterocycles. The molecule has 0 aliphatic carbocycles. The average Bonchev–Trinajstić information content (AvgIpc) is 3.62. The smallest absolute Gasteiger partial charge is 0.305 e. The molecule has 5 heterocycles. The molecule has 3 aliphatic rings. The first kappa shape index (κ1) is 32.4. The highest BCUT2D eigenvalue weighted by molar-refractivity contribution is 6.31. The molecule has 11 nitrogen and oxygen atoms in total. The van der Waals surface area contributed by atoms with Crippen molar-refractivity contribution in [3.63, 3.8) is 0 Å². The number of amides is 2. The number of H-pyrrole nitrogens is 1. The quantitative estimate of drug-likeness (QED) is 0.362. The predicted octanol–water partition coefficient (Wildman–Crippen LogP) is 2.42. The van der Waals surface area contributed by atoms with Crippen molar-refractivity contribution in [3.05, 3.63) is 85.0 Å². The number of hydrogen-bond donors (Lipinski definition) is 3. The van der Waals surface area contributed by atoms with Crippen LogP contribution in [0.3, 0.4) is 0 Å². The van der Waals surface area contributed by atoms with Crippen LogP contribution in [0.25, 0.3) is 18.2 Å². The number of nitrogens with zero attached hydrogens (tertiary/aromatic N) is 2. The van der Waals surface area contributed by atoms with Crippen LogP contribution in [0.2, 0.25) is 0 Å². The Morgan fingerprint density at radius 2 is 1.72 bits per heavy atom. The third-order valence-electron chi connectivity index (χ3n) is 9.03. The van der Waals surface area contributed by atoms with Gasteiger partial charge in [0.05, 0.1) is 38.3 Å². The van der Waals surface area contributed by atoms with Gasteiger partial charge in [-0.2, -0.15) is 0 Å². The third-order valence-corrected chi connectivity index (χ3v) is 9.03. The monoisotopic (exact) mass is 626 g/mol. The van der Waals surface area contributed by atoms with Gasteiger partial charge >= 0.3 is 11.9 Å². The van der Waals surface area contributed by atoms with E-state index in [2.05, 4.69) is 21.9 Å². The Hall–Kier alpha value is -5.03. The second kappa shape index (κ2) is 12.8. The highest BCUT2D eigenvalue weighted by Gasteiger charge is 2.28. The van der Waals surface area contributed by atoms with E-state index in [0.717, 1.165) is 44.6 Å². The largest absolute Gasteiger partial charge is 0.469 e. The van der Waals surface area contributed by atoms with Crippen LogP contribution in [0.4, 0.5) is 0 Å². The molecule has 0 saturated carbocycles. The van der Waals surface area contributed by atoms with Gasteiger partial charge in [0.2, 0.25) is 0 Å². The Labute approximate surface area is 266 Å². The van der Waals surface area contributed by atoms with Crippen LogP contribution in [0.15, 0.2) is 45.6 Å². The highest BCUT2D eigenvalue weighted by Crippen LogP contribution is 2.32. The van der Waals surface area contributed by atoms with E-state index in [1.54, 1.807) is 26.0 Å². The van der Waals surface area contributed by atoms with Gasteiger partial charge in [-0.3, -0.25) is 19.2 Å². The number of carbonyl (C=O) groups excluding carboxylic acids is 4. The molecule has 2 aromatic heterocycles. The van der Waals surface area contributed by atoms with Crippen molar-refractivity contribution in [1.82, 2.24) is 14.9 Å². The summed E-state index contributed by atoms with van der Waals surface area (Å²) in [7, 11) is 2.66. The summed E-state index contributed by atoms with van der Waals surface area (Å²) < 4.78 is 11.7. The Balaban J connectivity index is 1.68. The van der Waals surface area contributed by atoms with Gasteiger partial charge in [0.1, 0.15) is 0 Å². The zero-order valence-electron chi connectivity index (χ0n) is 26.9. The first-order chi connectivity index (χ1) is 21.9. The standard InChI is InChI=1S/C35H38N4O7/c1-8-21-18(3)34(43)37-25(21)13-24-20(5)33-27(36-24)15-28-17(2)23(10-12-32(42)46-7)29(39(28)16-30(33)40)14-26-22(9-11-31(41)45-6)19(4)35(44)38-26/h8,13-15,30,36,40H,1,9-12,16H2,2-7H3,(H,37,43)/b25-13-,29-14-/t30-/m1/s1. The van der Waals surface area contributed by atoms with Crippen molar-refractivity contribution in [2.45, 2.75) is 66.0 Å². The van der Waals surface area contributed by atoms with Crippen LogP contribution in [0.5, 0.6) is 0 Å². The molecule has 2 aromatic rings. The molecular formula is C35H38N4O7. The number of hydrogen-bond acceptors (Lipinski definition) is 7. The molecule has 3 aliphatic heterocycles. The van der Waals surface area contributed by atoms with Crippen LogP contribution in [-0.4, -0.2) is 58.3 Å². The molecule has 0 unspecified atom stereocenters. The van der Waals surface area contributed by atoms with Crippen molar-refractivity contribution in [2.24, 2.45) is 4.99 Å². The SMILES string of the molecule is C=CC1=C(C)C(=O)N/C1=C\c1[nH]c2c(c1C)[C@H](O)Cn1c(c(C)c(CCC(=O)OC)/c1=C/C1=NC(=O)C(C)=C1CCC(=O)OC)=C2. The summed E-state index contributed by atoms with van der Waals surface area (Å²) in [5, 5.41) is 16.1. The molecule has 0 fully saturated rings. The van der Waals surface area contributed by atoms with Gasteiger partial charge in [-0.1, -0.05) is 12.7 Å². The molecule has 0 spiro atoms. The number of methoxy groups -OCH3 is 2. The second-order valence-corrected chi connectivity index (χ2v) is 11.6. The lowest BCUT2D eigenvalue weighted by atomic mass is 9.99. The fourth-order valence-electron chi connectivity index (χ4n) is 6.38. The predicted molar refractivity (Wildman–Crippen MR) is 173 cm³/mol. The third kappa shape index (κ3) is 5.74. The molecule has 0 aromatic carbocycles. The van der Waals surface area contributed by atoms with Crippen LogP contribution in [0.1, 0.15) is 72.9 Å². The number of rotatable bonds is 9. The first-order valence-corrected chi connectivity index (χ1v) is 15.1. The molecule has 240 valence electrons. The number of ether oxygens (including phenoxy) is 2. The minimum atomic E-state index is -0.916. The van der Waals surface area contributed by atoms with Gasteiger partial charge in [0.25, 0.3) is 11.8 Å². The van der Waals surface area contributed by atoms with E-state index in [4.69, 9.17) is 9.47 Å². The highest BCUT2D eigenvalue weighted by atomic mass is 16.5. The lowest BCUT2D eigenvalue weighted by Gasteiger charge is -2.13. The topological polar surface area (TPSA) is 152 Å². The fraction of sp³-hybridized carbons (Fsp3) is 0.343. The number of fused-ring (bicyclic) bond motifs is 2. The molecule has 11 heteroatoms. The van der Waals surface area contributed by atoms with E-state index in [9.17, 15) is 24.3 Å². The molecule has 46 heavy (non-hydrogen) atoms.